The molecule has 1 aliphatic rings. The third-order valence-electron chi connectivity index (χ3n) is 4.01. The van der Waals surface area contributed by atoms with Crippen LogP contribution in [0.25, 0.3) is 0 Å². The van der Waals surface area contributed by atoms with E-state index in [0.717, 1.165) is 24.5 Å². The van der Waals surface area contributed by atoms with Gasteiger partial charge in [-0.15, -0.1) is 0 Å². The molecule has 3 atom stereocenters. The summed E-state index contributed by atoms with van der Waals surface area (Å²) in [5.74, 6) is 1.76. The number of nitrogens with two attached hydrogens (primary N) is 1. The highest BCUT2D eigenvalue weighted by atomic mass is 16.5. The van der Waals surface area contributed by atoms with Crippen LogP contribution in [0.3, 0.4) is 0 Å². The molecule has 0 spiro atoms. The summed E-state index contributed by atoms with van der Waals surface area (Å²) in [6, 6.07) is 6.57. The molecular formula is C16H25NO. The summed E-state index contributed by atoms with van der Waals surface area (Å²) in [5.41, 5.74) is 8.70. The molecular weight excluding hydrogens is 222 g/mol. The van der Waals surface area contributed by atoms with Crippen LogP contribution in [-0.2, 0) is 0 Å². The van der Waals surface area contributed by atoms with Crippen molar-refractivity contribution in [1.82, 2.24) is 0 Å². The maximum atomic E-state index is 6.19. The lowest BCUT2D eigenvalue weighted by Crippen LogP contribution is -2.43. The van der Waals surface area contributed by atoms with Crippen LogP contribution in [0.4, 0.5) is 0 Å². The fourth-order valence-electron chi connectivity index (χ4n) is 2.92. The molecule has 2 nitrogen and oxygen atoms in total. The largest absolute Gasteiger partial charge is 0.489 e. The molecule has 1 aliphatic carbocycles. The predicted molar refractivity (Wildman–Crippen MR) is 75.9 cm³/mol. The molecule has 0 aliphatic heterocycles. The Labute approximate surface area is 111 Å². The van der Waals surface area contributed by atoms with Crippen LogP contribution >= 0.6 is 0 Å². The van der Waals surface area contributed by atoms with Gasteiger partial charge in [0.2, 0.25) is 0 Å². The van der Waals surface area contributed by atoms with E-state index in [9.17, 15) is 0 Å². The second-order valence-electron chi connectivity index (χ2n) is 5.73. The van der Waals surface area contributed by atoms with E-state index < -0.39 is 0 Å². The van der Waals surface area contributed by atoms with Gasteiger partial charge < -0.3 is 10.5 Å². The predicted octanol–water partition coefficient (Wildman–Crippen LogP) is 3.59. The van der Waals surface area contributed by atoms with E-state index in [0.29, 0.717) is 0 Å². The van der Waals surface area contributed by atoms with Gasteiger partial charge in [0.05, 0.1) is 0 Å². The van der Waals surface area contributed by atoms with E-state index >= 15 is 0 Å². The first-order valence-electron chi connectivity index (χ1n) is 7.09. The molecule has 3 unspecified atom stereocenters. The van der Waals surface area contributed by atoms with Gasteiger partial charge in [-0.25, -0.2) is 0 Å². The molecule has 0 amide bonds. The summed E-state index contributed by atoms with van der Waals surface area (Å²) in [6.45, 7) is 6.47. The van der Waals surface area contributed by atoms with Crippen LogP contribution in [0.5, 0.6) is 5.75 Å². The quantitative estimate of drug-likeness (QED) is 0.886. The van der Waals surface area contributed by atoms with Crippen LogP contribution in [-0.4, -0.2) is 12.1 Å². The third kappa shape index (κ3) is 3.26. The Morgan fingerprint density at radius 3 is 2.44 bits per heavy atom. The fourth-order valence-corrected chi connectivity index (χ4v) is 2.92. The van der Waals surface area contributed by atoms with Gasteiger partial charge in [-0.1, -0.05) is 19.4 Å². The Bertz CT molecular complexity index is 382. The van der Waals surface area contributed by atoms with Crippen LogP contribution < -0.4 is 10.5 Å². The first-order valence-corrected chi connectivity index (χ1v) is 7.09. The second kappa shape index (κ2) is 5.75. The lowest BCUT2D eigenvalue weighted by molar-refractivity contribution is 0.101. The maximum absolute atomic E-state index is 6.19. The van der Waals surface area contributed by atoms with Crippen LogP contribution in [0.1, 0.15) is 43.7 Å². The molecule has 18 heavy (non-hydrogen) atoms. The molecule has 0 aromatic heterocycles. The Balaban J connectivity index is 2.06. The average molecular weight is 247 g/mol. The van der Waals surface area contributed by atoms with Crippen molar-refractivity contribution >= 4 is 0 Å². The monoisotopic (exact) mass is 247 g/mol. The fraction of sp³-hybridized carbons (Fsp3) is 0.625. The summed E-state index contributed by atoms with van der Waals surface area (Å²) in [7, 11) is 0. The van der Waals surface area contributed by atoms with E-state index in [1.54, 1.807) is 0 Å². The number of benzene rings is 1. The van der Waals surface area contributed by atoms with E-state index in [4.69, 9.17) is 10.5 Å². The van der Waals surface area contributed by atoms with Gasteiger partial charge in [0, 0.05) is 6.04 Å². The Hall–Kier alpha value is -1.02. The highest BCUT2D eigenvalue weighted by molar-refractivity contribution is 5.33. The molecule has 0 heterocycles. The SMILES string of the molecule is CCC1CCC(N)C(Oc2cc(C)cc(C)c2)C1. The topological polar surface area (TPSA) is 35.2 Å². The molecule has 2 heteroatoms. The van der Waals surface area contributed by atoms with Crippen molar-refractivity contribution in [2.45, 2.75) is 58.6 Å². The Kier molecular flexibility index (Phi) is 4.28. The highest BCUT2D eigenvalue weighted by Crippen LogP contribution is 2.29. The Morgan fingerprint density at radius 2 is 1.83 bits per heavy atom. The zero-order valence-electron chi connectivity index (χ0n) is 11.8. The van der Waals surface area contributed by atoms with Crippen molar-refractivity contribution in [3.63, 3.8) is 0 Å². The minimum atomic E-state index is 0.185. The van der Waals surface area contributed by atoms with E-state index in [1.165, 1.54) is 24.0 Å². The normalized spacial score (nSPS) is 28.1. The van der Waals surface area contributed by atoms with Gasteiger partial charge >= 0.3 is 0 Å². The summed E-state index contributed by atoms with van der Waals surface area (Å²) in [4.78, 5) is 0. The van der Waals surface area contributed by atoms with Crippen molar-refractivity contribution in [2.75, 3.05) is 0 Å². The van der Waals surface area contributed by atoms with Gasteiger partial charge in [-0.05, 0) is 62.3 Å². The first kappa shape index (κ1) is 13.4. The molecule has 0 bridgehead atoms. The van der Waals surface area contributed by atoms with Gasteiger partial charge in [0.15, 0.2) is 0 Å². The molecule has 1 fully saturated rings. The van der Waals surface area contributed by atoms with Gasteiger partial charge in [-0.2, -0.15) is 0 Å². The molecule has 1 aromatic rings. The molecule has 2 rings (SSSR count). The molecule has 100 valence electrons. The highest BCUT2D eigenvalue weighted by Gasteiger charge is 2.28. The summed E-state index contributed by atoms with van der Waals surface area (Å²) >= 11 is 0. The van der Waals surface area contributed by atoms with Crippen molar-refractivity contribution in [3.8, 4) is 5.75 Å². The van der Waals surface area contributed by atoms with Crippen LogP contribution in [0, 0.1) is 19.8 Å². The Morgan fingerprint density at radius 1 is 1.17 bits per heavy atom. The van der Waals surface area contributed by atoms with Crippen molar-refractivity contribution in [3.05, 3.63) is 29.3 Å². The number of rotatable bonds is 3. The lowest BCUT2D eigenvalue weighted by atomic mass is 9.83. The van der Waals surface area contributed by atoms with Gasteiger partial charge in [-0.3, -0.25) is 0 Å². The standard InChI is InChI=1S/C16H25NO/c1-4-13-5-6-15(17)16(10-13)18-14-8-11(2)7-12(3)9-14/h7-9,13,15-16H,4-6,10,17H2,1-3H3. The second-order valence-corrected chi connectivity index (χ2v) is 5.73. The van der Waals surface area contributed by atoms with Crippen LogP contribution in [0.2, 0.25) is 0 Å². The molecule has 1 saturated carbocycles. The molecule has 0 saturated heterocycles. The maximum Gasteiger partial charge on any atom is 0.120 e. The van der Waals surface area contributed by atoms with E-state index in [1.807, 2.05) is 0 Å². The molecule has 1 aromatic carbocycles. The van der Waals surface area contributed by atoms with Gasteiger partial charge in [0.1, 0.15) is 11.9 Å². The van der Waals surface area contributed by atoms with Crippen molar-refractivity contribution in [1.29, 1.82) is 0 Å². The van der Waals surface area contributed by atoms with Crippen molar-refractivity contribution in [2.24, 2.45) is 11.7 Å². The van der Waals surface area contributed by atoms with E-state index in [2.05, 4.69) is 39.0 Å². The average Bonchev–Trinajstić information content (AvgIpc) is 2.30. The zero-order valence-corrected chi connectivity index (χ0v) is 11.8. The summed E-state index contributed by atoms with van der Waals surface area (Å²) in [5, 5.41) is 0. The third-order valence-corrected chi connectivity index (χ3v) is 4.01. The van der Waals surface area contributed by atoms with Crippen LogP contribution in [0.15, 0.2) is 18.2 Å². The number of hydrogen-bond acceptors (Lipinski definition) is 2. The number of aryl methyl sites for hydroxylation is 2. The zero-order chi connectivity index (χ0) is 13.1. The molecule has 2 N–H and O–H groups in total. The number of hydrogen-bond donors (Lipinski definition) is 1. The summed E-state index contributed by atoms with van der Waals surface area (Å²) < 4.78 is 6.14. The van der Waals surface area contributed by atoms with Crippen molar-refractivity contribution < 1.29 is 4.74 Å². The lowest BCUT2D eigenvalue weighted by Gasteiger charge is -2.34. The van der Waals surface area contributed by atoms with E-state index in [-0.39, 0.29) is 12.1 Å². The first-order chi connectivity index (χ1) is 8.58. The number of ether oxygens (including phenoxy) is 1. The van der Waals surface area contributed by atoms with Gasteiger partial charge in [0.25, 0.3) is 0 Å². The minimum Gasteiger partial charge on any atom is -0.489 e. The smallest absolute Gasteiger partial charge is 0.120 e. The minimum absolute atomic E-state index is 0.185. The summed E-state index contributed by atoms with van der Waals surface area (Å²) in [6.07, 6.45) is 4.87. The molecule has 0 radical (unpaired) electrons.